The van der Waals surface area contributed by atoms with Crippen LogP contribution in [0.15, 0.2) is 18.2 Å². The number of likely N-dealkylation sites (N-methyl/N-ethyl adjacent to an activating group) is 1. The highest BCUT2D eigenvalue weighted by atomic mass is 15.3. The van der Waals surface area contributed by atoms with Gasteiger partial charge in [-0.2, -0.15) is 0 Å². The zero-order valence-electron chi connectivity index (χ0n) is 11.7. The maximum atomic E-state index is 4.68. The molecule has 18 heavy (non-hydrogen) atoms. The first-order chi connectivity index (χ1) is 8.74. The number of aromatic nitrogens is 1. The van der Waals surface area contributed by atoms with E-state index >= 15 is 0 Å². The number of pyridine rings is 1. The quantitative estimate of drug-likeness (QED) is 0.883. The highest BCUT2D eigenvalue weighted by Crippen LogP contribution is 2.19. The van der Waals surface area contributed by atoms with Crippen molar-refractivity contribution < 1.29 is 0 Å². The van der Waals surface area contributed by atoms with Crippen molar-refractivity contribution in [1.82, 2.24) is 9.88 Å². The summed E-state index contributed by atoms with van der Waals surface area (Å²) >= 11 is 0. The van der Waals surface area contributed by atoms with Gasteiger partial charge >= 0.3 is 0 Å². The molecule has 1 saturated heterocycles. The number of hydrogen-bond acceptors (Lipinski definition) is 4. The standard InChI is InChI=1S/C14H24N4/c1-4-12-11-18(10-9-17(12)3)14-8-6-7-13(16-14)15-5-2/h6-8,12H,4-5,9-11H2,1-3H3,(H,15,16). The van der Waals surface area contributed by atoms with Crippen LogP contribution >= 0.6 is 0 Å². The van der Waals surface area contributed by atoms with E-state index < -0.39 is 0 Å². The number of nitrogens with one attached hydrogen (secondary N) is 1. The summed E-state index contributed by atoms with van der Waals surface area (Å²) in [5.74, 6) is 2.07. The van der Waals surface area contributed by atoms with Crippen LogP contribution in [-0.2, 0) is 0 Å². The Morgan fingerprint density at radius 2 is 2.17 bits per heavy atom. The topological polar surface area (TPSA) is 31.4 Å². The van der Waals surface area contributed by atoms with Crippen molar-refractivity contribution in [2.45, 2.75) is 26.3 Å². The second-order valence-corrected chi connectivity index (χ2v) is 4.90. The van der Waals surface area contributed by atoms with Crippen LogP contribution in [-0.4, -0.2) is 49.2 Å². The minimum Gasteiger partial charge on any atom is -0.370 e. The lowest BCUT2D eigenvalue weighted by atomic mass is 10.1. The van der Waals surface area contributed by atoms with E-state index in [-0.39, 0.29) is 0 Å². The fraction of sp³-hybridized carbons (Fsp3) is 0.643. The molecular weight excluding hydrogens is 224 g/mol. The van der Waals surface area contributed by atoms with E-state index in [2.05, 4.69) is 53.1 Å². The second kappa shape index (κ2) is 6.05. The molecule has 1 unspecified atom stereocenters. The number of piperazine rings is 1. The summed E-state index contributed by atoms with van der Waals surface area (Å²) in [7, 11) is 2.22. The Hall–Kier alpha value is -1.29. The van der Waals surface area contributed by atoms with Crippen molar-refractivity contribution in [3.05, 3.63) is 18.2 Å². The van der Waals surface area contributed by atoms with Crippen molar-refractivity contribution >= 4 is 11.6 Å². The largest absolute Gasteiger partial charge is 0.370 e. The van der Waals surface area contributed by atoms with E-state index in [0.29, 0.717) is 6.04 Å². The van der Waals surface area contributed by atoms with Crippen LogP contribution in [0, 0.1) is 0 Å². The maximum absolute atomic E-state index is 4.68. The molecule has 4 heteroatoms. The molecule has 1 aromatic rings. The molecule has 1 N–H and O–H groups in total. The van der Waals surface area contributed by atoms with Crippen molar-refractivity contribution in [3.8, 4) is 0 Å². The van der Waals surface area contributed by atoms with Crippen molar-refractivity contribution in [3.63, 3.8) is 0 Å². The molecule has 0 aromatic carbocycles. The number of hydrogen-bond donors (Lipinski definition) is 1. The van der Waals surface area contributed by atoms with Crippen LogP contribution < -0.4 is 10.2 Å². The zero-order valence-corrected chi connectivity index (χ0v) is 11.7. The molecule has 0 amide bonds. The van der Waals surface area contributed by atoms with Gasteiger partial charge < -0.3 is 10.2 Å². The van der Waals surface area contributed by atoms with Crippen LogP contribution in [0.3, 0.4) is 0 Å². The Bertz CT molecular complexity index is 380. The molecule has 0 saturated carbocycles. The van der Waals surface area contributed by atoms with Crippen LogP contribution in [0.1, 0.15) is 20.3 Å². The summed E-state index contributed by atoms with van der Waals surface area (Å²) in [5.41, 5.74) is 0. The van der Waals surface area contributed by atoms with Crippen molar-refractivity contribution in [2.75, 3.05) is 43.4 Å². The minimum atomic E-state index is 0.642. The van der Waals surface area contributed by atoms with E-state index in [1.54, 1.807) is 0 Å². The Labute approximate surface area is 110 Å². The number of anilines is 2. The fourth-order valence-corrected chi connectivity index (χ4v) is 2.47. The second-order valence-electron chi connectivity index (χ2n) is 4.90. The summed E-state index contributed by atoms with van der Waals surface area (Å²) in [6, 6.07) is 6.86. The third-order valence-corrected chi connectivity index (χ3v) is 3.66. The van der Waals surface area contributed by atoms with Gasteiger partial charge in [0, 0.05) is 32.2 Å². The monoisotopic (exact) mass is 248 g/mol. The molecule has 1 fully saturated rings. The van der Waals surface area contributed by atoms with Crippen LogP contribution in [0.5, 0.6) is 0 Å². The van der Waals surface area contributed by atoms with Gasteiger partial charge in [-0.05, 0) is 32.5 Å². The summed E-state index contributed by atoms with van der Waals surface area (Å²) in [5, 5.41) is 3.27. The molecular formula is C14H24N4. The first kappa shape index (κ1) is 13.1. The van der Waals surface area contributed by atoms with E-state index in [4.69, 9.17) is 0 Å². The molecule has 1 aliphatic rings. The Morgan fingerprint density at radius 1 is 1.33 bits per heavy atom. The van der Waals surface area contributed by atoms with Gasteiger partial charge in [-0.25, -0.2) is 4.98 Å². The molecule has 1 atom stereocenters. The summed E-state index contributed by atoms with van der Waals surface area (Å²) < 4.78 is 0. The molecule has 1 aromatic heterocycles. The van der Waals surface area contributed by atoms with Gasteiger partial charge in [-0.15, -0.1) is 0 Å². The highest BCUT2D eigenvalue weighted by molar-refractivity contribution is 5.47. The molecule has 1 aliphatic heterocycles. The number of rotatable bonds is 4. The highest BCUT2D eigenvalue weighted by Gasteiger charge is 2.23. The van der Waals surface area contributed by atoms with E-state index in [1.807, 2.05) is 6.07 Å². The Morgan fingerprint density at radius 3 is 2.89 bits per heavy atom. The Kier molecular flexibility index (Phi) is 4.42. The van der Waals surface area contributed by atoms with Gasteiger partial charge in [0.15, 0.2) is 0 Å². The summed E-state index contributed by atoms with van der Waals surface area (Å²) in [6.45, 7) is 8.53. The third kappa shape index (κ3) is 2.93. The predicted octanol–water partition coefficient (Wildman–Crippen LogP) is 2.04. The van der Waals surface area contributed by atoms with Gasteiger partial charge in [0.05, 0.1) is 0 Å². The minimum absolute atomic E-state index is 0.642. The lowest BCUT2D eigenvalue weighted by Crippen LogP contribution is -2.51. The molecule has 2 rings (SSSR count). The molecule has 4 nitrogen and oxygen atoms in total. The van der Waals surface area contributed by atoms with Crippen molar-refractivity contribution in [2.24, 2.45) is 0 Å². The zero-order chi connectivity index (χ0) is 13.0. The average Bonchev–Trinajstić information content (AvgIpc) is 2.40. The average molecular weight is 248 g/mol. The van der Waals surface area contributed by atoms with Crippen molar-refractivity contribution in [1.29, 1.82) is 0 Å². The van der Waals surface area contributed by atoms with Crippen LogP contribution in [0.2, 0.25) is 0 Å². The van der Waals surface area contributed by atoms with E-state index in [0.717, 1.165) is 37.8 Å². The normalized spacial score (nSPS) is 21.1. The van der Waals surface area contributed by atoms with Gasteiger partial charge in [-0.1, -0.05) is 13.0 Å². The molecule has 0 bridgehead atoms. The fourth-order valence-electron chi connectivity index (χ4n) is 2.47. The third-order valence-electron chi connectivity index (χ3n) is 3.66. The van der Waals surface area contributed by atoms with Gasteiger partial charge in [0.2, 0.25) is 0 Å². The molecule has 0 aliphatic carbocycles. The first-order valence-corrected chi connectivity index (χ1v) is 6.90. The Balaban J connectivity index is 2.09. The van der Waals surface area contributed by atoms with E-state index in [1.165, 1.54) is 6.42 Å². The van der Waals surface area contributed by atoms with Gasteiger partial charge in [0.1, 0.15) is 11.6 Å². The predicted molar refractivity (Wildman–Crippen MR) is 77.3 cm³/mol. The lowest BCUT2D eigenvalue weighted by molar-refractivity contribution is 0.213. The molecule has 2 heterocycles. The van der Waals surface area contributed by atoms with Gasteiger partial charge in [0.25, 0.3) is 0 Å². The van der Waals surface area contributed by atoms with Crippen LogP contribution in [0.25, 0.3) is 0 Å². The summed E-state index contributed by atoms with van der Waals surface area (Å²) in [6.07, 6.45) is 1.19. The number of nitrogens with zero attached hydrogens (tertiary/aromatic N) is 3. The first-order valence-electron chi connectivity index (χ1n) is 6.90. The van der Waals surface area contributed by atoms with E-state index in [9.17, 15) is 0 Å². The smallest absolute Gasteiger partial charge is 0.131 e. The molecule has 0 spiro atoms. The van der Waals surface area contributed by atoms with Gasteiger partial charge in [-0.3, -0.25) is 4.90 Å². The SMILES string of the molecule is CCNc1cccc(N2CCN(C)C(CC)C2)n1. The lowest BCUT2D eigenvalue weighted by Gasteiger charge is -2.39. The van der Waals surface area contributed by atoms with Crippen LogP contribution in [0.4, 0.5) is 11.6 Å². The maximum Gasteiger partial charge on any atom is 0.131 e. The molecule has 0 radical (unpaired) electrons. The summed E-state index contributed by atoms with van der Waals surface area (Å²) in [4.78, 5) is 9.52. The molecule has 100 valence electrons.